The minimum atomic E-state index is 0.210. The minimum absolute atomic E-state index is 0.210. The first-order valence-electron chi connectivity index (χ1n) is 7.37. The number of hydrogen-bond acceptors (Lipinski definition) is 2. The minimum Gasteiger partial charge on any atom is -0.493 e. The van der Waals surface area contributed by atoms with Crippen LogP contribution in [0.15, 0.2) is 18.2 Å². The number of halogens is 1. The van der Waals surface area contributed by atoms with Gasteiger partial charge in [0.2, 0.25) is 0 Å². The van der Waals surface area contributed by atoms with E-state index in [4.69, 9.17) is 16.3 Å². The van der Waals surface area contributed by atoms with Crippen LogP contribution in [0.5, 0.6) is 5.75 Å². The molecule has 1 N–H and O–H groups in total. The van der Waals surface area contributed by atoms with Crippen LogP contribution >= 0.6 is 11.6 Å². The third-order valence-electron chi connectivity index (χ3n) is 4.48. The zero-order chi connectivity index (χ0) is 13.1. The average molecular weight is 280 g/mol. The summed E-state index contributed by atoms with van der Waals surface area (Å²) in [5, 5.41) is 3.70. The summed E-state index contributed by atoms with van der Waals surface area (Å²) in [6, 6.07) is 6.60. The molecule has 1 aromatic rings. The highest BCUT2D eigenvalue weighted by molar-refractivity contribution is 6.18. The van der Waals surface area contributed by atoms with E-state index in [-0.39, 0.29) is 5.54 Å². The summed E-state index contributed by atoms with van der Waals surface area (Å²) in [5.74, 6) is 1.81. The van der Waals surface area contributed by atoms with Gasteiger partial charge in [-0.25, -0.2) is 0 Å². The van der Waals surface area contributed by atoms with Crippen LogP contribution in [0, 0.1) is 0 Å². The Labute approximate surface area is 120 Å². The van der Waals surface area contributed by atoms with Crippen molar-refractivity contribution in [3.05, 3.63) is 29.3 Å². The van der Waals surface area contributed by atoms with Gasteiger partial charge in [0, 0.05) is 17.8 Å². The van der Waals surface area contributed by atoms with E-state index in [1.807, 2.05) is 0 Å². The van der Waals surface area contributed by atoms with Crippen molar-refractivity contribution in [2.24, 2.45) is 0 Å². The topological polar surface area (TPSA) is 21.3 Å². The number of nitrogens with one attached hydrogen (secondary N) is 1. The molecule has 2 aliphatic rings. The molecule has 104 valence electrons. The van der Waals surface area contributed by atoms with E-state index in [1.54, 1.807) is 0 Å². The average Bonchev–Trinajstić information content (AvgIpc) is 3.07. The first kappa shape index (κ1) is 13.3. The van der Waals surface area contributed by atoms with Crippen LogP contribution in [0.25, 0.3) is 0 Å². The van der Waals surface area contributed by atoms with Gasteiger partial charge in [0.1, 0.15) is 5.75 Å². The summed E-state index contributed by atoms with van der Waals surface area (Å²) in [7, 11) is 0. The van der Waals surface area contributed by atoms with Gasteiger partial charge in [0.15, 0.2) is 0 Å². The molecule has 1 aromatic carbocycles. The first-order chi connectivity index (χ1) is 9.31. The Morgan fingerprint density at radius 3 is 2.89 bits per heavy atom. The van der Waals surface area contributed by atoms with Crippen molar-refractivity contribution in [3.63, 3.8) is 0 Å². The van der Waals surface area contributed by atoms with Gasteiger partial charge in [-0.2, -0.15) is 0 Å². The van der Waals surface area contributed by atoms with Crippen LogP contribution in [-0.2, 0) is 12.8 Å². The molecule has 0 saturated heterocycles. The molecule has 1 aliphatic heterocycles. The molecule has 0 unspecified atom stereocenters. The van der Waals surface area contributed by atoms with E-state index in [9.17, 15) is 0 Å². The van der Waals surface area contributed by atoms with Gasteiger partial charge in [0.05, 0.1) is 6.61 Å². The molecular formula is C16H22ClNO. The molecule has 0 bridgehead atoms. The van der Waals surface area contributed by atoms with Crippen molar-refractivity contribution < 1.29 is 4.74 Å². The molecule has 0 atom stereocenters. The second kappa shape index (κ2) is 5.72. The number of benzene rings is 1. The second-order valence-electron chi connectivity index (χ2n) is 5.84. The number of rotatable bonds is 5. The van der Waals surface area contributed by atoms with Gasteiger partial charge in [-0.15, -0.1) is 11.6 Å². The van der Waals surface area contributed by atoms with Gasteiger partial charge in [-0.3, -0.25) is 0 Å². The highest BCUT2D eigenvalue weighted by Gasteiger charge is 2.31. The maximum atomic E-state index is 6.14. The lowest BCUT2D eigenvalue weighted by Gasteiger charge is -2.28. The Morgan fingerprint density at radius 1 is 1.26 bits per heavy atom. The Kier molecular flexibility index (Phi) is 3.99. The molecule has 1 heterocycles. The number of ether oxygens (including phenoxy) is 1. The fraction of sp³-hybridized carbons (Fsp3) is 0.625. The molecule has 0 spiro atoms. The quantitative estimate of drug-likeness (QED) is 0.835. The number of fused-ring (bicyclic) bond motifs is 1. The lowest BCUT2D eigenvalue weighted by Crippen LogP contribution is -2.45. The third kappa shape index (κ3) is 2.90. The van der Waals surface area contributed by atoms with Gasteiger partial charge in [-0.05, 0) is 43.0 Å². The maximum absolute atomic E-state index is 6.14. The molecule has 1 aliphatic carbocycles. The first-order valence-corrected chi connectivity index (χ1v) is 7.90. The van der Waals surface area contributed by atoms with Crippen molar-refractivity contribution in [2.45, 2.75) is 44.1 Å². The normalized spacial score (nSPS) is 20.3. The van der Waals surface area contributed by atoms with E-state index >= 15 is 0 Å². The van der Waals surface area contributed by atoms with Crippen LogP contribution in [0.2, 0.25) is 0 Å². The van der Waals surface area contributed by atoms with Gasteiger partial charge in [0.25, 0.3) is 0 Å². The highest BCUT2D eigenvalue weighted by atomic mass is 35.5. The Morgan fingerprint density at radius 2 is 2.11 bits per heavy atom. The van der Waals surface area contributed by atoms with Gasteiger partial charge < -0.3 is 10.1 Å². The van der Waals surface area contributed by atoms with Crippen LogP contribution in [0.4, 0.5) is 0 Å². The standard InChI is InChI=1S/C16H22ClNO/c17-12-16(7-1-2-8-16)18-9-5-13-3-4-15-14(11-13)6-10-19-15/h3-4,11,18H,1-2,5-10,12H2. The molecule has 0 aromatic heterocycles. The van der Waals surface area contributed by atoms with E-state index in [1.165, 1.54) is 36.8 Å². The van der Waals surface area contributed by atoms with Crippen molar-refractivity contribution in [1.82, 2.24) is 5.32 Å². The molecule has 19 heavy (non-hydrogen) atoms. The van der Waals surface area contributed by atoms with E-state index in [0.717, 1.165) is 37.6 Å². The second-order valence-corrected chi connectivity index (χ2v) is 6.11. The summed E-state index contributed by atoms with van der Waals surface area (Å²) in [6.45, 7) is 1.86. The highest BCUT2D eigenvalue weighted by Crippen LogP contribution is 2.31. The van der Waals surface area contributed by atoms with E-state index in [2.05, 4.69) is 23.5 Å². The lowest BCUT2D eigenvalue weighted by molar-refractivity contribution is 0.356. The summed E-state index contributed by atoms with van der Waals surface area (Å²) in [5.41, 5.74) is 2.98. The van der Waals surface area contributed by atoms with Crippen LogP contribution in [-0.4, -0.2) is 24.6 Å². The molecule has 1 fully saturated rings. The van der Waals surface area contributed by atoms with E-state index in [0.29, 0.717) is 0 Å². The Bertz CT molecular complexity index is 440. The van der Waals surface area contributed by atoms with Gasteiger partial charge in [-0.1, -0.05) is 25.0 Å². The van der Waals surface area contributed by atoms with E-state index < -0.39 is 0 Å². The van der Waals surface area contributed by atoms with Crippen molar-refractivity contribution in [3.8, 4) is 5.75 Å². The molecular weight excluding hydrogens is 258 g/mol. The summed E-state index contributed by atoms with van der Waals surface area (Å²) in [6.07, 6.45) is 7.23. The summed E-state index contributed by atoms with van der Waals surface area (Å²) < 4.78 is 5.54. The molecule has 1 saturated carbocycles. The fourth-order valence-corrected chi connectivity index (χ4v) is 3.64. The predicted molar refractivity (Wildman–Crippen MR) is 79.3 cm³/mol. The number of hydrogen-bond donors (Lipinski definition) is 1. The lowest BCUT2D eigenvalue weighted by atomic mass is 9.99. The smallest absolute Gasteiger partial charge is 0.122 e. The maximum Gasteiger partial charge on any atom is 0.122 e. The molecule has 0 radical (unpaired) electrons. The Balaban J connectivity index is 1.55. The monoisotopic (exact) mass is 279 g/mol. The zero-order valence-electron chi connectivity index (χ0n) is 11.4. The molecule has 0 amide bonds. The van der Waals surface area contributed by atoms with Crippen molar-refractivity contribution in [2.75, 3.05) is 19.0 Å². The van der Waals surface area contributed by atoms with Crippen molar-refractivity contribution in [1.29, 1.82) is 0 Å². The molecule has 3 rings (SSSR count). The number of alkyl halides is 1. The van der Waals surface area contributed by atoms with Gasteiger partial charge >= 0.3 is 0 Å². The largest absolute Gasteiger partial charge is 0.493 e. The summed E-state index contributed by atoms with van der Waals surface area (Å²) in [4.78, 5) is 0. The van der Waals surface area contributed by atoms with Crippen molar-refractivity contribution >= 4 is 11.6 Å². The van der Waals surface area contributed by atoms with Crippen LogP contribution in [0.3, 0.4) is 0 Å². The molecule has 3 heteroatoms. The van der Waals surface area contributed by atoms with Crippen LogP contribution in [0.1, 0.15) is 36.8 Å². The Hall–Kier alpha value is -0.730. The third-order valence-corrected chi connectivity index (χ3v) is 5.00. The molecule has 2 nitrogen and oxygen atoms in total. The predicted octanol–water partition coefficient (Wildman–Crippen LogP) is 3.31. The van der Waals surface area contributed by atoms with Crippen LogP contribution < -0.4 is 10.1 Å². The SMILES string of the molecule is ClCC1(NCCc2ccc3c(c2)CCO3)CCCC1. The summed E-state index contributed by atoms with van der Waals surface area (Å²) >= 11 is 6.14. The fourth-order valence-electron chi connectivity index (χ4n) is 3.28. The zero-order valence-corrected chi connectivity index (χ0v) is 12.1.